The monoisotopic (exact) mass is 326 g/mol. The van der Waals surface area contributed by atoms with Gasteiger partial charge in [-0.3, -0.25) is 9.48 Å². The second kappa shape index (κ2) is 8.11. The molecule has 1 amide bonds. The van der Waals surface area contributed by atoms with E-state index in [1.54, 1.807) is 6.20 Å². The molecule has 128 valence electrons. The van der Waals surface area contributed by atoms with Crippen LogP contribution in [-0.4, -0.2) is 28.8 Å². The molecule has 1 saturated heterocycles. The number of rotatable bonds is 7. The maximum atomic E-state index is 12.2. The Morgan fingerprint density at radius 3 is 2.83 bits per heavy atom. The lowest BCUT2D eigenvalue weighted by Gasteiger charge is -2.09. The molecule has 5 heteroatoms. The molecule has 2 N–H and O–H groups in total. The summed E-state index contributed by atoms with van der Waals surface area (Å²) >= 11 is 0. The van der Waals surface area contributed by atoms with E-state index in [0.717, 1.165) is 49.6 Å². The molecule has 1 aromatic heterocycles. The number of amides is 1. The lowest BCUT2D eigenvalue weighted by molar-refractivity contribution is -0.115. The van der Waals surface area contributed by atoms with Gasteiger partial charge in [0.2, 0.25) is 5.91 Å². The van der Waals surface area contributed by atoms with E-state index in [-0.39, 0.29) is 5.91 Å². The number of aromatic nitrogens is 2. The number of hydrogen-bond donors (Lipinski definition) is 2. The third kappa shape index (κ3) is 4.68. The number of aryl methyl sites for hydroxylation is 1. The fraction of sp³-hybridized carbons (Fsp3) is 0.474. The second-order valence-electron chi connectivity index (χ2n) is 6.60. The average molecular weight is 326 g/mol. The Morgan fingerprint density at radius 1 is 1.33 bits per heavy atom. The summed E-state index contributed by atoms with van der Waals surface area (Å²) in [4.78, 5) is 12.2. The zero-order valence-corrected chi connectivity index (χ0v) is 14.3. The van der Waals surface area contributed by atoms with Crippen LogP contribution < -0.4 is 10.6 Å². The molecule has 1 fully saturated rings. The van der Waals surface area contributed by atoms with Gasteiger partial charge in [0.05, 0.1) is 18.3 Å². The van der Waals surface area contributed by atoms with Gasteiger partial charge < -0.3 is 10.6 Å². The summed E-state index contributed by atoms with van der Waals surface area (Å²) in [6.45, 7) is 5.23. The van der Waals surface area contributed by atoms with Crippen molar-refractivity contribution in [1.82, 2.24) is 15.1 Å². The second-order valence-corrected chi connectivity index (χ2v) is 6.60. The number of anilines is 1. The minimum Gasteiger partial charge on any atom is -0.323 e. The van der Waals surface area contributed by atoms with Gasteiger partial charge >= 0.3 is 0 Å². The first-order valence-corrected chi connectivity index (χ1v) is 8.84. The molecular weight excluding hydrogens is 300 g/mol. The predicted octanol–water partition coefficient (Wildman–Crippen LogP) is 2.63. The zero-order valence-electron chi connectivity index (χ0n) is 14.3. The summed E-state index contributed by atoms with van der Waals surface area (Å²) in [5, 5.41) is 10.5. The smallest absolute Gasteiger partial charge is 0.228 e. The molecule has 0 bridgehead atoms. The minimum absolute atomic E-state index is 0.00112. The number of benzene rings is 1. The highest BCUT2D eigenvalue weighted by Gasteiger charge is 2.14. The van der Waals surface area contributed by atoms with Crippen molar-refractivity contribution in [3.8, 4) is 0 Å². The van der Waals surface area contributed by atoms with Crippen molar-refractivity contribution < 1.29 is 4.79 Å². The van der Waals surface area contributed by atoms with Crippen LogP contribution in [0.3, 0.4) is 0 Å². The molecule has 0 aliphatic carbocycles. The number of carbonyl (C=O) groups is 1. The van der Waals surface area contributed by atoms with Crippen molar-refractivity contribution in [3.05, 3.63) is 47.8 Å². The Labute approximate surface area is 143 Å². The molecule has 1 aliphatic rings. The highest BCUT2D eigenvalue weighted by Crippen LogP contribution is 2.16. The van der Waals surface area contributed by atoms with Gasteiger partial charge in [-0.15, -0.1) is 0 Å². The highest BCUT2D eigenvalue weighted by atomic mass is 16.1. The number of carbonyl (C=O) groups excluding carboxylic acids is 1. The lowest BCUT2D eigenvalue weighted by Crippen LogP contribution is -2.14. The SMILES string of the molecule is CCCn1cc(NC(=O)Cc2ccc(CC3CCNC3)cc2)cn1. The van der Waals surface area contributed by atoms with Crippen molar-refractivity contribution in [2.45, 2.75) is 39.2 Å². The van der Waals surface area contributed by atoms with Crippen molar-refractivity contribution in [3.63, 3.8) is 0 Å². The molecule has 1 aliphatic heterocycles. The highest BCUT2D eigenvalue weighted by molar-refractivity contribution is 5.91. The third-order valence-electron chi connectivity index (χ3n) is 4.44. The van der Waals surface area contributed by atoms with E-state index >= 15 is 0 Å². The van der Waals surface area contributed by atoms with E-state index in [2.05, 4.69) is 46.9 Å². The van der Waals surface area contributed by atoms with Crippen LogP contribution in [0.2, 0.25) is 0 Å². The van der Waals surface area contributed by atoms with Crippen molar-refractivity contribution in [2.24, 2.45) is 5.92 Å². The van der Waals surface area contributed by atoms with Gasteiger partial charge in [-0.1, -0.05) is 31.2 Å². The number of nitrogens with zero attached hydrogens (tertiary/aromatic N) is 2. The third-order valence-corrected chi connectivity index (χ3v) is 4.44. The molecule has 0 radical (unpaired) electrons. The van der Waals surface area contributed by atoms with Crippen molar-refractivity contribution >= 4 is 11.6 Å². The molecule has 1 atom stereocenters. The summed E-state index contributed by atoms with van der Waals surface area (Å²) in [6.07, 6.45) is 7.38. The summed E-state index contributed by atoms with van der Waals surface area (Å²) in [5.74, 6) is 0.748. The lowest BCUT2D eigenvalue weighted by atomic mass is 9.97. The van der Waals surface area contributed by atoms with E-state index in [1.165, 1.54) is 12.0 Å². The molecule has 0 saturated carbocycles. The normalized spacial score (nSPS) is 17.1. The molecule has 1 aromatic carbocycles. The maximum absolute atomic E-state index is 12.2. The Hall–Kier alpha value is -2.14. The van der Waals surface area contributed by atoms with Gasteiger partial charge in [-0.05, 0) is 49.4 Å². The van der Waals surface area contributed by atoms with Crippen LogP contribution in [0.1, 0.15) is 30.9 Å². The van der Waals surface area contributed by atoms with Gasteiger partial charge in [-0.2, -0.15) is 5.10 Å². The summed E-state index contributed by atoms with van der Waals surface area (Å²) in [6, 6.07) is 8.44. The standard InChI is InChI=1S/C19H26N4O/c1-2-9-23-14-18(13-21-23)22-19(24)11-16-5-3-15(4-6-16)10-17-7-8-20-12-17/h3-6,13-14,17,20H,2,7-12H2,1H3,(H,22,24). The van der Waals surface area contributed by atoms with Crippen molar-refractivity contribution in [2.75, 3.05) is 18.4 Å². The molecule has 5 nitrogen and oxygen atoms in total. The number of nitrogens with one attached hydrogen (secondary N) is 2. The van der Waals surface area contributed by atoms with Crippen LogP contribution in [0, 0.1) is 5.92 Å². The Balaban J connectivity index is 1.50. The first kappa shape index (κ1) is 16.7. The van der Waals surface area contributed by atoms with Gasteiger partial charge in [0.1, 0.15) is 0 Å². The molecule has 1 unspecified atom stereocenters. The molecule has 2 heterocycles. The maximum Gasteiger partial charge on any atom is 0.228 e. The first-order chi connectivity index (χ1) is 11.7. The summed E-state index contributed by atoms with van der Waals surface area (Å²) in [5.41, 5.74) is 3.16. The van der Waals surface area contributed by atoms with E-state index in [4.69, 9.17) is 0 Å². The molecule has 24 heavy (non-hydrogen) atoms. The van der Waals surface area contributed by atoms with Gasteiger partial charge in [0, 0.05) is 12.7 Å². The minimum atomic E-state index is -0.00112. The van der Waals surface area contributed by atoms with Gasteiger partial charge in [0.25, 0.3) is 0 Å². The van der Waals surface area contributed by atoms with E-state index in [9.17, 15) is 4.79 Å². The largest absolute Gasteiger partial charge is 0.323 e. The van der Waals surface area contributed by atoms with Crippen LogP contribution in [0.4, 0.5) is 5.69 Å². The molecule has 0 spiro atoms. The fourth-order valence-corrected chi connectivity index (χ4v) is 3.19. The van der Waals surface area contributed by atoms with Crippen LogP contribution >= 0.6 is 0 Å². The van der Waals surface area contributed by atoms with Crippen LogP contribution in [0.25, 0.3) is 0 Å². The topological polar surface area (TPSA) is 59.0 Å². The first-order valence-electron chi connectivity index (χ1n) is 8.84. The summed E-state index contributed by atoms with van der Waals surface area (Å²) in [7, 11) is 0. The number of hydrogen-bond acceptors (Lipinski definition) is 3. The molecular formula is C19H26N4O. The average Bonchev–Trinajstić information content (AvgIpc) is 3.22. The van der Waals surface area contributed by atoms with E-state index in [0.29, 0.717) is 6.42 Å². The van der Waals surface area contributed by atoms with Crippen LogP contribution in [0.15, 0.2) is 36.7 Å². The van der Waals surface area contributed by atoms with Gasteiger partial charge in [0.15, 0.2) is 0 Å². The fourth-order valence-electron chi connectivity index (χ4n) is 3.19. The van der Waals surface area contributed by atoms with Gasteiger partial charge in [-0.25, -0.2) is 0 Å². The van der Waals surface area contributed by atoms with Crippen LogP contribution in [-0.2, 0) is 24.2 Å². The van der Waals surface area contributed by atoms with E-state index < -0.39 is 0 Å². The molecule has 3 rings (SSSR count). The predicted molar refractivity (Wildman–Crippen MR) is 96.0 cm³/mol. The van der Waals surface area contributed by atoms with Crippen molar-refractivity contribution in [1.29, 1.82) is 0 Å². The Kier molecular flexibility index (Phi) is 5.64. The zero-order chi connectivity index (χ0) is 16.8. The quantitative estimate of drug-likeness (QED) is 0.822. The van der Waals surface area contributed by atoms with Crippen LogP contribution in [0.5, 0.6) is 0 Å². The Bertz CT molecular complexity index is 656. The summed E-state index contributed by atoms with van der Waals surface area (Å²) < 4.78 is 1.85. The Morgan fingerprint density at radius 2 is 2.12 bits per heavy atom. The van der Waals surface area contributed by atoms with E-state index in [1.807, 2.05) is 10.9 Å². The molecule has 2 aromatic rings.